The van der Waals surface area contributed by atoms with Crippen LogP contribution in [0, 0.1) is 0 Å². The third kappa shape index (κ3) is 2350. The molecule has 0 radical (unpaired) electrons. The van der Waals surface area contributed by atoms with E-state index in [9.17, 15) is 0 Å². The summed E-state index contributed by atoms with van der Waals surface area (Å²) in [5.74, 6) is -0.833. The van der Waals surface area contributed by atoms with Crippen molar-refractivity contribution in [2.45, 2.75) is 27.7 Å². The van der Waals surface area contributed by atoms with Crippen molar-refractivity contribution < 1.29 is 25.2 Å². The SMILES string of the molecule is CC(=O)O.CCO.CCO.CCO. The van der Waals surface area contributed by atoms with Gasteiger partial charge in [0.05, 0.1) is 0 Å². The summed E-state index contributed by atoms with van der Waals surface area (Å²) in [6.07, 6.45) is 0. The van der Waals surface area contributed by atoms with E-state index in [2.05, 4.69) is 0 Å². The summed E-state index contributed by atoms with van der Waals surface area (Å²) in [7, 11) is 0. The summed E-state index contributed by atoms with van der Waals surface area (Å²) in [5.41, 5.74) is 0. The summed E-state index contributed by atoms with van der Waals surface area (Å²) in [6.45, 7) is 6.88. The molecule has 0 aromatic rings. The Morgan fingerprint density at radius 1 is 0.923 bits per heavy atom. The minimum absolute atomic E-state index is 0.250. The van der Waals surface area contributed by atoms with Crippen LogP contribution in [0.3, 0.4) is 0 Å². The Kier molecular flexibility index (Phi) is 74.6. The van der Waals surface area contributed by atoms with Crippen molar-refractivity contribution >= 4 is 5.97 Å². The maximum atomic E-state index is 9.00. The molecule has 0 aromatic carbocycles. The van der Waals surface area contributed by atoms with Gasteiger partial charge in [-0.2, -0.15) is 0 Å². The zero-order valence-electron chi connectivity index (χ0n) is 8.82. The lowest BCUT2D eigenvalue weighted by Crippen LogP contribution is -1.78. The van der Waals surface area contributed by atoms with E-state index in [1.165, 1.54) is 0 Å². The molecule has 0 aliphatic carbocycles. The van der Waals surface area contributed by atoms with Crippen molar-refractivity contribution in [2.24, 2.45) is 0 Å². The van der Waals surface area contributed by atoms with Crippen molar-refractivity contribution in [1.29, 1.82) is 0 Å². The average Bonchev–Trinajstić information content (AvgIpc) is 1.88. The number of hydrogen-bond donors (Lipinski definition) is 4. The highest BCUT2D eigenvalue weighted by molar-refractivity contribution is 5.62. The molecule has 84 valence electrons. The zero-order valence-corrected chi connectivity index (χ0v) is 8.82. The molecule has 0 rings (SSSR count). The summed E-state index contributed by atoms with van der Waals surface area (Å²) in [4.78, 5) is 9.00. The molecule has 0 fully saturated rings. The predicted molar refractivity (Wildman–Crippen MR) is 51.6 cm³/mol. The van der Waals surface area contributed by atoms with Crippen LogP contribution >= 0.6 is 0 Å². The van der Waals surface area contributed by atoms with E-state index in [-0.39, 0.29) is 19.8 Å². The Morgan fingerprint density at radius 2 is 0.923 bits per heavy atom. The van der Waals surface area contributed by atoms with E-state index >= 15 is 0 Å². The molecule has 5 heteroatoms. The van der Waals surface area contributed by atoms with Crippen LogP contribution in [0.4, 0.5) is 0 Å². The van der Waals surface area contributed by atoms with Gasteiger partial charge in [0.1, 0.15) is 0 Å². The molecule has 0 aliphatic heterocycles. The molecule has 0 aliphatic rings. The lowest BCUT2D eigenvalue weighted by molar-refractivity contribution is -0.134. The van der Waals surface area contributed by atoms with Crippen LogP contribution in [-0.2, 0) is 4.79 Å². The Hall–Kier alpha value is -0.650. The fourth-order valence-electron chi connectivity index (χ4n) is 0. The average molecular weight is 198 g/mol. The number of aliphatic hydroxyl groups excluding tert-OH is 3. The summed E-state index contributed by atoms with van der Waals surface area (Å²) < 4.78 is 0. The molecule has 13 heavy (non-hydrogen) atoms. The molecule has 5 nitrogen and oxygen atoms in total. The van der Waals surface area contributed by atoms with Gasteiger partial charge in [0.2, 0.25) is 0 Å². The molecule has 4 N–H and O–H groups in total. The first-order valence-corrected chi connectivity index (χ1v) is 4.00. The van der Waals surface area contributed by atoms with E-state index in [1.807, 2.05) is 0 Å². The Bertz CT molecular complexity index is 56.8. The smallest absolute Gasteiger partial charge is 0.300 e. The fraction of sp³-hybridized carbons (Fsp3) is 0.875. The van der Waals surface area contributed by atoms with Crippen LogP contribution in [0.2, 0.25) is 0 Å². The highest BCUT2D eigenvalue weighted by Gasteiger charge is 1.65. The van der Waals surface area contributed by atoms with Gasteiger partial charge >= 0.3 is 0 Å². The largest absolute Gasteiger partial charge is 0.481 e. The molecule has 0 atom stereocenters. The van der Waals surface area contributed by atoms with Crippen LogP contribution in [0.5, 0.6) is 0 Å². The number of hydrogen-bond acceptors (Lipinski definition) is 4. The van der Waals surface area contributed by atoms with Crippen molar-refractivity contribution in [1.82, 2.24) is 0 Å². The summed E-state index contributed by atoms with van der Waals surface area (Å²) in [5, 5.41) is 30.1. The first-order valence-electron chi connectivity index (χ1n) is 4.00. The molecule has 0 spiro atoms. The van der Waals surface area contributed by atoms with E-state index in [1.54, 1.807) is 20.8 Å². The molecule has 0 unspecified atom stereocenters. The second-order valence-corrected chi connectivity index (χ2v) is 1.47. The van der Waals surface area contributed by atoms with Crippen LogP contribution in [-0.4, -0.2) is 46.2 Å². The Balaban J connectivity index is -0.0000000420. The van der Waals surface area contributed by atoms with Gasteiger partial charge in [0.25, 0.3) is 5.97 Å². The number of carbonyl (C=O) groups is 1. The second-order valence-electron chi connectivity index (χ2n) is 1.47. The van der Waals surface area contributed by atoms with Gasteiger partial charge in [-0.05, 0) is 20.8 Å². The Morgan fingerprint density at radius 3 is 0.923 bits per heavy atom. The molecule has 0 saturated heterocycles. The zero-order chi connectivity index (χ0) is 11.7. The minimum atomic E-state index is -0.833. The third-order valence-electron chi connectivity index (χ3n) is 0. The molecular formula is C8H22O5. The lowest BCUT2D eigenvalue weighted by Gasteiger charge is -1.59. The predicted octanol–water partition coefficient (Wildman–Crippen LogP) is 0.0867. The van der Waals surface area contributed by atoms with Crippen molar-refractivity contribution in [3.8, 4) is 0 Å². The maximum Gasteiger partial charge on any atom is 0.300 e. The topological polar surface area (TPSA) is 98.0 Å². The maximum absolute atomic E-state index is 9.00. The molecule has 0 bridgehead atoms. The highest BCUT2D eigenvalue weighted by atomic mass is 16.4. The number of carboxylic acid groups (broad SMARTS) is 1. The number of carboxylic acids is 1. The number of aliphatic hydroxyl groups is 3. The van der Waals surface area contributed by atoms with Gasteiger partial charge in [-0.15, -0.1) is 0 Å². The standard InChI is InChI=1S/C2H4O2.3C2H6O/c1-2(3)4;3*1-2-3/h1H3,(H,3,4);3*3H,2H2,1H3. The van der Waals surface area contributed by atoms with E-state index in [0.29, 0.717) is 0 Å². The molecule has 0 heterocycles. The van der Waals surface area contributed by atoms with Gasteiger partial charge in [-0.1, -0.05) is 0 Å². The number of rotatable bonds is 0. The second kappa shape index (κ2) is 42.5. The van der Waals surface area contributed by atoms with Gasteiger partial charge in [-0.3, -0.25) is 4.79 Å². The monoisotopic (exact) mass is 198 g/mol. The van der Waals surface area contributed by atoms with Gasteiger partial charge < -0.3 is 20.4 Å². The molecule has 0 aromatic heterocycles. The lowest BCUT2D eigenvalue weighted by atomic mass is 10.9. The highest BCUT2D eigenvalue weighted by Crippen LogP contribution is 1.42. The van der Waals surface area contributed by atoms with Crippen LogP contribution in [0.15, 0.2) is 0 Å². The first kappa shape index (κ1) is 22.8. The molecule has 0 saturated carbocycles. The summed E-state index contributed by atoms with van der Waals surface area (Å²) in [6, 6.07) is 0. The van der Waals surface area contributed by atoms with Crippen molar-refractivity contribution in [3.63, 3.8) is 0 Å². The van der Waals surface area contributed by atoms with E-state index < -0.39 is 5.97 Å². The van der Waals surface area contributed by atoms with Crippen LogP contribution in [0.1, 0.15) is 27.7 Å². The fourth-order valence-corrected chi connectivity index (χ4v) is 0. The van der Waals surface area contributed by atoms with Crippen molar-refractivity contribution in [2.75, 3.05) is 19.8 Å². The van der Waals surface area contributed by atoms with E-state index in [4.69, 9.17) is 25.2 Å². The van der Waals surface area contributed by atoms with Gasteiger partial charge in [0, 0.05) is 26.7 Å². The molecule has 0 amide bonds. The quantitative estimate of drug-likeness (QED) is 0.442. The third-order valence-corrected chi connectivity index (χ3v) is 0. The van der Waals surface area contributed by atoms with Gasteiger partial charge in [-0.25, -0.2) is 0 Å². The summed E-state index contributed by atoms with van der Waals surface area (Å²) >= 11 is 0. The van der Waals surface area contributed by atoms with E-state index in [0.717, 1.165) is 6.92 Å². The van der Waals surface area contributed by atoms with Crippen LogP contribution < -0.4 is 0 Å². The molecular weight excluding hydrogens is 176 g/mol. The van der Waals surface area contributed by atoms with Gasteiger partial charge in [0.15, 0.2) is 0 Å². The Labute approximate surface area is 79.6 Å². The number of aliphatic carboxylic acids is 1. The van der Waals surface area contributed by atoms with Crippen molar-refractivity contribution in [3.05, 3.63) is 0 Å². The first-order chi connectivity index (χ1) is 5.97. The van der Waals surface area contributed by atoms with Crippen LogP contribution in [0.25, 0.3) is 0 Å². The minimum Gasteiger partial charge on any atom is -0.481 e. The normalized spacial score (nSPS) is 6.08.